The van der Waals surface area contributed by atoms with Gasteiger partial charge in [0, 0.05) is 25.2 Å². The zero-order valence-electron chi connectivity index (χ0n) is 18.5. The highest BCUT2D eigenvalue weighted by Gasteiger charge is 2.27. The highest BCUT2D eigenvalue weighted by atomic mass is 32.2. The summed E-state index contributed by atoms with van der Waals surface area (Å²) in [5.41, 5.74) is 6.12. The van der Waals surface area contributed by atoms with E-state index in [9.17, 15) is 13.2 Å². The van der Waals surface area contributed by atoms with Crippen molar-refractivity contribution in [3.8, 4) is 17.2 Å². The summed E-state index contributed by atoms with van der Waals surface area (Å²) >= 11 is 5.20. The molecule has 0 fully saturated rings. The normalized spacial score (nSPS) is 12.4. The lowest BCUT2D eigenvalue weighted by Gasteiger charge is -2.20. The van der Waals surface area contributed by atoms with E-state index in [2.05, 4.69) is 16.2 Å². The summed E-state index contributed by atoms with van der Waals surface area (Å²) in [4.78, 5) is 12.5. The summed E-state index contributed by atoms with van der Waals surface area (Å²) in [6.45, 7) is 4.66. The fourth-order valence-corrected chi connectivity index (χ4v) is 4.95. The maximum absolute atomic E-state index is 13.0. The third kappa shape index (κ3) is 5.64. The van der Waals surface area contributed by atoms with Crippen molar-refractivity contribution < 1.29 is 27.4 Å². The van der Waals surface area contributed by atoms with Crippen LogP contribution in [-0.2, 0) is 16.6 Å². The van der Waals surface area contributed by atoms with Gasteiger partial charge < -0.3 is 19.5 Å². The van der Waals surface area contributed by atoms with Crippen LogP contribution in [-0.4, -0.2) is 50.7 Å². The van der Waals surface area contributed by atoms with Crippen molar-refractivity contribution in [1.29, 1.82) is 0 Å². The highest BCUT2D eigenvalue weighted by Crippen LogP contribution is 2.32. The van der Waals surface area contributed by atoms with Crippen LogP contribution in [0.1, 0.15) is 29.8 Å². The summed E-state index contributed by atoms with van der Waals surface area (Å²) in [5.74, 6) is 0.957. The van der Waals surface area contributed by atoms with E-state index in [0.717, 1.165) is 5.56 Å². The standard InChI is InChI=1S/C21H26N4O6S2/c1-4-25(5-2)33(27,28)19-11-15(7-9-17(19)29-3)20(26)23-24-21(32)22-12-14-6-8-16-18(10-14)31-13-30-16/h6-11H,4-5,12-13H2,1-3H3,(H,23,26)(H2,22,24,32). The molecular formula is C21H26N4O6S2. The molecular weight excluding hydrogens is 468 g/mol. The quantitative estimate of drug-likeness (QED) is 0.373. The number of sulfonamides is 1. The average molecular weight is 495 g/mol. The molecule has 2 aromatic carbocycles. The number of hydrazine groups is 1. The third-order valence-electron chi connectivity index (χ3n) is 4.93. The predicted molar refractivity (Wildman–Crippen MR) is 126 cm³/mol. The first kappa shape index (κ1) is 24.6. The number of carbonyl (C=O) groups excluding carboxylic acids is 1. The summed E-state index contributed by atoms with van der Waals surface area (Å²) in [6.07, 6.45) is 0. The van der Waals surface area contributed by atoms with Crippen molar-refractivity contribution in [2.75, 3.05) is 27.0 Å². The first-order chi connectivity index (χ1) is 15.8. The second-order valence-electron chi connectivity index (χ2n) is 6.90. The van der Waals surface area contributed by atoms with Gasteiger partial charge >= 0.3 is 0 Å². The predicted octanol–water partition coefficient (Wildman–Crippen LogP) is 1.76. The Morgan fingerprint density at radius 2 is 1.82 bits per heavy atom. The molecule has 1 heterocycles. The van der Waals surface area contributed by atoms with Crippen molar-refractivity contribution in [2.24, 2.45) is 0 Å². The highest BCUT2D eigenvalue weighted by molar-refractivity contribution is 7.89. The van der Waals surface area contributed by atoms with Gasteiger partial charge in [-0.1, -0.05) is 19.9 Å². The smallest absolute Gasteiger partial charge is 0.269 e. The number of fused-ring (bicyclic) bond motifs is 1. The van der Waals surface area contributed by atoms with Crippen LogP contribution in [0, 0.1) is 0 Å². The topological polar surface area (TPSA) is 118 Å². The Kier molecular flexibility index (Phi) is 7.95. The zero-order chi connectivity index (χ0) is 24.0. The molecule has 12 heteroatoms. The van der Waals surface area contributed by atoms with Crippen LogP contribution < -0.4 is 30.4 Å². The second kappa shape index (κ2) is 10.7. The largest absolute Gasteiger partial charge is 0.495 e. The maximum Gasteiger partial charge on any atom is 0.269 e. The van der Waals surface area contributed by atoms with E-state index in [1.165, 1.54) is 29.6 Å². The number of rotatable bonds is 8. The molecule has 0 saturated carbocycles. The molecule has 1 aliphatic heterocycles. The van der Waals surface area contributed by atoms with Gasteiger partial charge in [0.2, 0.25) is 16.8 Å². The van der Waals surface area contributed by atoms with Crippen LogP contribution in [0.25, 0.3) is 0 Å². The van der Waals surface area contributed by atoms with Gasteiger partial charge in [-0.2, -0.15) is 4.31 Å². The summed E-state index contributed by atoms with van der Waals surface area (Å²) < 4.78 is 43.0. The number of benzene rings is 2. The molecule has 1 amide bonds. The minimum absolute atomic E-state index is 0.0788. The Bertz CT molecular complexity index is 1140. The Morgan fingerprint density at radius 3 is 2.52 bits per heavy atom. The number of nitrogens with one attached hydrogen (secondary N) is 3. The van der Waals surface area contributed by atoms with Crippen molar-refractivity contribution in [2.45, 2.75) is 25.3 Å². The van der Waals surface area contributed by atoms with Gasteiger partial charge in [0.15, 0.2) is 16.6 Å². The monoisotopic (exact) mass is 494 g/mol. The molecule has 0 radical (unpaired) electrons. The van der Waals surface area contributed by atoms with Crippen LogP contribution in [0.2, 0.25) is 0 Å². The second-order valence-corrected chi connectivity index (χ2v) is 9.22. The zero-order valence-corrected chi connectivity index (χ0v) is 20.1. The van der Waals surface area contributed by atoms with Crippen molar-refractivity contribution >= 4 is 33.3 Å². The van der Waals surface area contributed by atoms with Gasteiger partial charge in [0.05, 0.1) is 7.11 Å². The molecule has 33 heavy (non-hydrogen) atoms. The van der Waals surface area contributed by atoms with Crippen LogP contribution >= 0.6 is 12.2 Å². The van der Waals surface area contributed by atoms with Crippen molar-refractivity contribution in [1.82, 2.24) is 20.5 Å². The summed E-state index contributed by atoms with van der Waals surface area (Å²) in [5, 5.41) is 3.15. The Hall–Kier alpha value is -3.09. The van der Waals surface area contributed by atoms with Gasteiger partial charge in [-0.3, -0.25) is 15.6 Å². The van der Waals surface area contributed by atoms with Gasteiger partial charge in [0.25, 0.3) is 5.91 Å². The number of hydrogen-bond acceptors (Lipinski definition) is 7. The van der Waals surface area contributed by atoms with Gasteiger partial charge in [-0.25, -0.2) is 8.42 Å². The van der Waals surface area contributed by atoms with Crippen LogP contribution in [0.3, 0.4) is 0 Å². The van der Waals surface area contributed by atoms with Gasteiger partial charge in [-0.05, 0) is 48.1 Å². The molecule has 0 unspecified atom stereocenters. The molecule has 1 aliphatic rings. The third-order valence-corrected chi connectivity index (χ3v) is 7.25. The average Bonchev–Trinajstić information content (AvgIpc) is 3.29. The molecule has 3 rings (SSSR count). The van der Waals surface area contributed by atoms with Crippen molar-refractivity contribution in [3.63, 3.8) is 0 Å². The van der Waals surface area contributed by atoms with E-state index >= 15 is 0 Å². The van der Waals surface area contributed by atoms with E-state index < -0.39 is 15.9 Å². The molecule has 2 aromatic rings. The van der Waals surface area contributed by atoms with Gasteiger partial charge in [-0.15, -0.1) is 0 Å². The molecule has 3 N–H and O–H groups in total. The number of hydrogen-bond donors (Lipinski definition) is 3. The lowest BCUT2D eigenvalue weighted by molar-refractivity contribution is 0.0943. The van der Waals surface area contributed by atoms with Gasteiger partial charge in [0.1, 0.15) is 10.6 Å². The lowest BCUT2D eigenvalue weighted by Crippen LogP contribution is -2.46. The SMILES string of the molecule is CCN(CC)S(=O)(=O)c1cc(C(=O)NNC(=S)NCc2ccc3c(c2)OCO3)ccc1OC. The van der Waals surface area contributed by atoms with E-state index in [0.29, 0.717) is 31.1 Å². The lowest BCUT2D eigenvalue weighted by atomic mass is 10.2. The number of nitrogens with zero attached hydrogens (tertiary/aromatic N) is 1. The molecule has 0 spiro atoms. The Morgan fingerprint density at radius 1 is 1.09 bits per heavy atom. The molecule has 178 valence electrons. The fourth-order valence-electron chi connectivity index (χ4n) is 3.19. The Labute approximate surface area is 198 Å². The number of amides is 1. The molecule has 0 bridgehead atoms. The minimum atomic E-state index is -3.82. The molecule has 10 nitrogen and oxygen atoms in total. The molecule has 0 saturated heterocycles. The fraction of sp³-hybridized carbons (Fsp3) is 0.333. The number of methoxy groups -OCH3 is 1. The molecule has 0 atom stereocenters. The minimum Gasteiger partial charge on any atom is -0.495 e. The molecule has 0 aromatic heterocycles. The van der Waals surface area contributed by atoms with Crippen LogP contribution in [0.15, 0.2) is 41.3 Å². The maximum atomic E-state index is 13.0. The van der Waals surface area contributed by atoms with E-state index in [4.69, 9.17) is 26.4 Å². The van der Waals surface area contributed by atoms with Crippen LogP contribution in [0.4, 0.5) is 0 Å². The Balaban J connectivity index is 1.62. The summed E-state index contributed by atoms with van der Waals surface area (Å²) in [7, 11) is -2.45. The van der Waals surface area contributed by atoms with E-state index in [1.54, 1.807) is 13.8 Å². The summed E-state index contributed by atoms with van der Waals surface area (Å²) in [6, 6.07) is 9.72. The number of thiocarbonyl (C=S) groups is 1. The van der Waals surface area contributed by atoms with E-state index in [1.807, 2.05) is 18.2 Å². The number of ether oxygens (including phenoxy) is 3. The molecule has 0 aliphatic carbocycles. The van der Waals surface area contributed by atoms with Crippen LogP contribution in [0.5, 0.6) is 17.2 Å². The number of carbonyl (C=O) groups is 1. The first-order valence-corrected chi connectivity index (χ1v) is 12.1. The van der Waals surface area contributed by atoms with Crippen molar-refractivity contribution in [3.05, 3.63) is 47.5 Å². The van der Waals surface area contributed by atoms with E-state index in [-0.39, 0.29) is 28.1 Å². The first-order valence-electron chi connectivity index (χ1n) is 10.2.